The molecule has 0 saturated carbocycles. The van der Waals surface area contributed by atoms with E-state index in [-0.39, 0.29) is 0 Å². The average molecular weight is 427 g/mol. The first kappa shape index (κ1) is 19.1. The predicted octanol–water partition coefficient (Wildman–Crippen LogP) is 5.63. The van der Waals surface area contributed by atoms with Crippen molar-refractivity contribution in [3.8, 4) is 0 Å². The van der Waals surface area contributed by atoms with Gasteiger partial charge in [0.1, 0.15) is 0 Å². The summed E-state index contributed by atoms with van der Waals surface area (Å²) in [6.45, 7) is 16.7. The van der Waals surface area contributed by atoms with Crippen LogP contribution in [0.3, 0.4) is 0 Å². The van der Waals surface area contributed by atoms with Crippen LogP contribution in [-0.4, -0.2) is 6.88 Å². The van der Waals surface area contributed by atoms with Crippen molar-refractivity contribution in [1.82, 2.24) is 0 Å². The summed E-state index contributed by atoms with van der Waals surface area (Å²) in [5.41, 5.74) is 7.77. The van der Waals surface area contributed by atoms with E-state index in [1.165, 1.54) is 15.3 Å². The van der Waals surface area contributed by atoms with Gasteiger partial charge in [0, 0.05) is 0 Å². The molecule has 131 valence electrons. The molecule has 0 heterocycles. The maximum absolute atomic E-state index is 2.74. The second-order valence-electron chi connectivity index (χ2n) is 8.13. The zero-order valence-corrected chi connectivity index (χ0v) is 20.5. The molecule has 3 atom stereocenters. The SMILES string of the molecule is CC1=CC(C)[C]([Zr](=[SiH2])([CH2]c2ccccc2)[C]2=C(C)C=C(C)C2C)=C1C. The quantitative estimate of drug-likeness (QED) is 0.547. The molecular formula is C23H31SiZr. The molecule has 0 spiro atoms. The normalized spacial score (nSPS) is 26.0. The Morgan fingerprint density at radius 1 is 0.960 bits per heavy atom. The van der Waals surface area contributed by atoms with Crippen molar-refractivity contribution in [2.45, 2.75) is 45.7 Å². The molecule has 2 heteroatoms. The molecule has 0 saturated heterocycles. The Morgan fingerprint density at radius 2 is 1.60 bits per heavy atom. The van der Waals surface area contributed by atoms with Crippen LogP contribution in [0.25, 0.3) is 0 Å². The van der Waals surface area contributed by atoms with Crippen LogP contribution in [0.15, 0.2) is 71.3 Å². The summed E-state index contributed by atoms with van der Waals surface area (Å²) in [5.74, 6) is 1.25. The van der Waals surface area contributed by atoms with E-state index < -0.39 is 18.9 Å². The van der Waals surface area contributed by atoms with Gasteiger partial charge in [-0.3, -0.25) is 0 Å². The Hall–Kier alpha value is -0.720. The monoisotopic (exact) mass is 425 g/mol. The summed E-state index contributed by atoms with van der Waals surface area (Å²) in [6, 6.07) is 11.2. The number of rotatable bonds is 4. The molecule has 3 rings (SSSR count). The van der Waals surface area contributed by atoms with Gasteiger partial charge in [0.05, 0.1) is 0 Å². The first-order valence-corrected chi connectivity index (χ1v) is 19.6. The molecule has 25 heavy (non-hydrogen) atoms. The van der Waals surface area contributed by atoms with Crippen molar-refractivity contribution in [3.63, 3.8) is 0 Å². The number of hydrogen-bond acceptors (Lipinski definition) is 0. The molecule has 0 bridgehead atoms. The van der Waals surface area contributed by atoms with Crippen LogP contribution in [0.1, 0.15) is 47.1 Å². The summed E-state index contributed by atoms with van der Waals surface area (Å²) in [4.78, 5) is 0. The molecule has 0 aromatic heterocycles. The number of allylic oxidation sites excluding steroid dienone is 8. The molecule has 1 aromatic carbocycles. The number of benzene rings is 1. The van der Waals surface area contributed by atoms with Crippen LogP contribution in [0, 0.1) is 11.8 Å². The van der Waals surface area contributed by atoms with Crippen LogP contribution < -0.4 is 0 Å². The van der Waals surface area contributed by atoms with Crippen LogP contribution >= 0.6 is 0 Å². The van der Waals surface area contributed by atoms with E-state index >= 15 is 0 Å². The van der Waals surface area contributed by atoms with Crippen molar-refractivity contribution in [2.75, 3.05) is 0 Å². The molecule has 0 fully saturated rings. The summed E-state index contributed by atoms with van der Waals surface area (Å²) >= 11 is -2.74. The first-order chi connectivity index (χ1) is 11.8. The number of hydrogen-bond donors (Lipinski definition) is 0. The fraction of sp³-hybridized carbons (Fsp3) is 0.391. The molecule has 3 unspecified atom stereocenters. The minimum absolute atomic E-state index is 0.616. The second kappa shape index (κ2) is 7.12. The third-order valence-electron chi connectivity index (χ3n) is 6.32. The molecular weight excluding hydrogens is 396 g/mol. The molecule has 0 aliphatic heterocycles. The molecule has 1 aromatic rings. The van der Waals surface area contributed by atoms with Gasteiger partial charge in [0.25, 0.3) is 0 Å². The van der Waals surface area contributed by atoms with Gasteiger partial charge in [-0.1, -0.05) is 0 Å². The topological polar surface area (TPSA) is 0 Å². The van der Waals surface area contributed by atoms with Crippen LogP contribution in [0.2, 0.25) is 0 Å². The Labute approximate surface area is 159 Å². The van der Waals surface area contributed by atoms with E-state index in [0.717, 1.165) is 0 Å². The van der Waals surface area contributed by atoms with E-state index in [4.69, 9.17) is 0 Å². The average Bonchev–Trinajstić information content (AvgIpc) is 2.95. The van der Waals surface area contributed by atoms with Gasteiger partial charge in [-0.25, -0.2) is 0 Å². The van der Waals surface area contributed by atoms with Crippen molar-refractivity contribution in [3.05, 3.63) is 76.9 Å². The van der Waals surface area contributed by atoms with Crippen molar-refractivity contribution >= 4 is 6.88 Å². The third kappa shape index (κ3) is 3.33. The van der Waals surface area contributed by atoms with Gasteiger partial charge in [0.15, 0.2) is 0 Å². The van der Waals surface area contributed by atoms with Gasteiger partial charge in [-0.15, -0.1) is 0 Å². The minimum atomic E-state index is -2.74. The molecule has 2 aliphatic rings. The fourth-order valence-electron chi connectivity index (χ4n) is 5.12. The zero-order valence-electron chi connectivity index (χ0n) is 16.6. The summed E-state index contributed by atoms with van der Waals surface area (Å²) < 4.78 is 4.99. The summed E-state index contributed by atoms with van der Waals surface area (Å²) in [6.07, 6.45) is 4.96. The molecule has 0 radical (unpaired) electrons. The van der Waals surface area contributed by atoms with Gasteiger partial charge < -0.3 is 0 Å². The predicted molar refractivity (Wildman–Crippen MR) is 110 cm³/mol. The van der Waals surface area contributed by atoms with Crippen LogP contribution in [0.5, 0.6) is 0 Å². The standard InChI is InChI=1S/2C8H11.C7H7.H2Si.Zr/c2*1-6-4-7(2)8(3)5-6;1-7-5-3-2-4-6-7;;/h4,8H,1-3H3;4,6H,1-3H3;2-6H,1H2;1H2;. The Bertz CT molecular complexity index is 865. The van der Waals surface area contributed by atoms with E-state index in [9.17, 15) is 0 Å². The van der Waals surface area contributed by atoms with Crippen LogP contribution in [0.4, 0.5) is 0 Å². The molecule has 0 N–H and O–H groups in total. The summed E-state index contributed by atoms with van der Waals surface area (Å²) in [5, 5.41) is 0. The van der Waals surface area contributed by atoms with E-state index in [1.807, 2.05) is 6.56 Å². The molecule has 0 nitrogen and oxygen atoms in total. The summed E-state index contributed by atoms with van der Waals surface area (Å²) in [7, 11) is 0. The van der Waals surface area contributed by atoms with Gasteiger partial charge >= 0.3 is 160 Å². The fourth-order valence-corrected chi connectivity index (χ4v) is 26.9. The van der Waals surface area contributed by atoms with E-state index in [2.05, 4.69) is 90.9 Å². The van der Waals surface area contributed by atoms with Crippen molar-refractivity contribution < 1.29 is 18.9 Å². The Balaban J connectivity index is 2.18. The maximum atomic E-state index is 2.51. The Kier molecular flexibility index (Phi) is 5.43. The van der Waals surface area contributed by atoms with Gasteiger partial charge in [-0.2, -0.15) is 0 Å². The molecule has 2 aliphatic carbocycles. The van der Waals surface area contributed by atoms with Crippen LogP contribution in [-0.2, 0) is 23.0 Å². The molecule has 0 amide bonds. The first-order valence-electron chi connectivity index (χ1n) is 9.44. The van der Waals surface area contributed by atoms with E-state index in [1.54, 1.807) is 16.7 Å². The zero-order chi connectivity index (χ0) is 18.4. The van der Waals surface area contributed by atoms with Gasteiger partial charge in [-0.05, 0) is 0 Å². The Morgan fingerprint density at radius 3 is 2.08 bits per heavy atom. The second-order valence-corrected chi connectivity index (χ2v) is 24.1. The van der Waals surface area contributed by atoms with Crippen molar-refractivity contribution in [1.29, 1.82) is 0 Å². The van der Waals surface area contributed by atoms with Crippen molar-refractivity contribution in [2.24, 2.45) is 11.8 Å². The van der Waals surface area contributed by atoms with E-state index in [0.29, 0.717) is 11.8 Å². The third-order valence-corrected chi connectivity index (χ3v) is 23.9. The van der Waals surface area contributed by atoms with Gasteiger partial charge in [0.2, 0.25) is 0 Å².